The fourth-order valence-corrected chi connectivity index (χ4v) is 4.04. The summed E-state index contributed by atoms with van der Waals surface area (Å²) in [5.74, 6) is 0.448. The van der Waals surface area contributed by atoms with Crippen LogP contribution in [-0.4, -0.2) is 37.0 Å². The molecule has 3 saturated carbocycles. The Kier molecular flexibility index (Phi) is 3.23. The van der Waals surface area contributed by atoms with Crippen molar-refractivity contribution in [3.05, 3.63) is 0 Å². The summed E-state index contributed by atoms with van der Waals surface area (Å²) in [5.41, 5.74) is 0.634. The van der Waals surface area contributed by atoms with Crippen molar-refractivity contribution in [2.75, 3.05) is 20.1 Å². The number of likely N-dealkylation sites (tertiary alicyclic amines) is 1. The van der Waals surface area contributed by atoms with Crippen molar-refractivity contribution in [2.45, 2.75) is 52.5 Å². The van der Waals surface area contributed by atoms with Gasteiger partial charge in [0.15, 0.2) is 0 Å². The molecule has 3 heteroatoms. The molecule has 98 valence electrons. The highest BCUT2D eigenvalue weighted by Crippen LogP contribution is 2.73. The zero-order valence-corrected chi connectivity index (χ0v) is 11.7. The summed E-state index contributed by atoms with van der Waals surface area (Å²) in [7, 11) is 1.99. The first-order valence-electron chi connectivity index (χ1n) is 7.04. The van der Waals surface area contributed by atoms with Gasteiger partial charge >= 0.3 is 0 Å². The number of rotatable bonds is 2. The molecule has 0 aromatic rings. The molecule has 1 N–H and O–H groups in total. The Bertz CT molecular complexity index is 294. The average molecular weight is 238 g/mol. The fraction of sp³-hybridized carbons (Fsp3) is 0.929. The summed E-state index contributed by atoms with van der Waals surface area (Å²) in [6, 6.07) is 0.525. The van der Waals surface area contributed by atoms with Crippen LogP contribution in [0.5, 0.6) is 0 Å². The van der Waals surface area contributed by atoms with Gasteiger partial charge in [-0.15, -0.1) is 0 Å². The molecule has 2 bridgehead atoms. The minimum absolute atomic E-state index is 0.0946. The lowest BCUT2D eigenvalue weighted by Gasteiger charge is -2.68. The van der Waals surface area contributed by atoms with Gasteiger partial charge in [-0.05, 0) is 38.1 Å². The van der Waals surface area contributed by atoms with Crippen molar-refractivity contribution in [1.29, 1.82) is 0 Å². The van der Waals surface area contributed by atoms with Crippen LogP contribution in [-0.2, 0) is 4.79 Å². The quantitative estimate of drug-likeness (QED) is 0.798. The van der Waals surface area contributed by atoms with Crippen LogP contribution in [0.25, 0.3) is 0 Å². The minimum atomic E-state index is 0.0946. The molecule has 3 aliphatic carbocycles. The van der Waals surface area contributed by atoms with Crippen LogP contribution in [0.2, 0.25) is 0 Å². The number of carbonyl (C=O) groups excluding carboxylic acids is 1. The van der Waals surface area contributed by atoms with Crippen LogP contribution in [0.3, 0.4) is 0 Å². The van der Waals surface area contributed by atoms with E-state index in [9.17, 15) is 4.79 Å². The van der Waals surface area contributed by atoms with E-state index in [0.29, 0.717) is 17.4 Å². The summed E-state index contributed by atoms with van der Waals surface area (Å²) in [5, 5.41) is 3.26. The van der Waals surface area contributed by atoms with Gasteiger partial charge in [-0.3, -0.25) is 4.79 Å². The van der Waals surface area contributed by atoms with Gasteiger partial charge in [0.2, 0.25) is 5.91 Å². The van der Waals surface area contributed by atoms with Gasteiger partial charge in [-0.1, -0.05) is 20.8 Å². The maximum Gasteiger partial charge on any atom is 0.228 e. The van der Waals surface area contributed by atoms with E-state index in [4.69, 9.17) is 0 Å². The molecule has 1 unspecified atom stereocenters. The Balaban J connectivity index is 0.000000514. The number of likely N-dealkylation sites (N-methyl/N-ethyl adjacent to an activating group) is 1. The van der Waals surface area contributed by atoms with Crippen LogP contribution < -0.4 is 5.32 Å². The van der Waals surface area contributed by atoms with E-state index in [-0.39, 0.29) is 5.41 Å². The number of amides is 1. The van der Waals surface area contributed by atoms with E-state index in [1.54, 1.807) is 0 Å². The van der Waals surface area contributed by atoms with Crippen LogP contribution in [0, 0.1) is 10.8 Å². The monoisotopic (exact) mass is 238 g/mol. The summed E-state index contributed by atoms with van der Waals surface area (Å²) in [6.07, 6.45) is 4.58. The van der Waals surface area contributed by atoms with Crippen molar-refractivity contribution in [3.63, 3.8) is 0 Å². The zero-order chi connectivity index (χ0) is 12.7. The van der Waals surface area contributed by atoms with Crippen molar-refractivity contribution in [3.8, 4) is 0 Å². The van der Waals surface area contributed by atoms with E-state index in [2.05, 4.69) is 17.1 Å². The maximum absolute atomic E-state index is 12.3. The molecule has 1 heterocycles. The number of hydrogen-bond acceptors (Lipinski definition) is 2. The second kappa shape index (κ2) is 4.27. The van der Waals surface area contributed by atoms with Crippen molar-refractivity contribution >= 4 is 5.91 Å². The second-order valence-electron chi connectivity index (χ2n) is 6.15. The Morgan fingerprint density at radius 1 is 1.29 bits per heavy atom. The van der Waals surface area contributed by atoms with E-state index in [0.717, 1.165) is 38.8 Å². The molecule has 4 aliphatic rings. The van der Waals surface area contributed by atoms with Gasteiger partial charge < -0.3 is 10.2 Å². The molecule has 4 fully saturated rings. The molecule has 0 aromatic heterocycles. The maximum atomic E-state index is 12.3. The first-order valence-corrected chi connectivity index (χ1v) is 7.04. The highest BCUT2D eigenvalue weighted by Gasteiger charge is 2.69. The lowest BCUT2D eigenvalue weighted by Crippen LogP contribution is -2.66. The highest BCUT2D eigenvalue weighted by molar-refractivity contribution is 5.86. The third-order valence-corrected chi connectivity index (χ3v) is 4.63. The molecule has 0 spiro atoms. The van der Waals surface area contributed by atoms with Gasteiger partial charge in [0.25, 0.3) is 0 Å². The minimum Gasteiger partial charge on any atom is -0.341 e. The van der Waals surface area contributed by atoms with E-state index < -0.39 is 0 Å². The third kappa shape index (κ3) is 1.88. The van der Waals surface area contributed by atoms with Crippen LogP contribution in [0.4, 0.5) is 0 Å². The van der Waals surface area contributed by atoms with Gasteiger partial charge in [0, 0.05) is 19.1 Å². The lowest BCUT2D eigenvalue weighted by atomic mass is 9.35. The molecular formula is C14H26N2O. The Morgan fingerprint density at radius 2 is 1.88 bits per heavy atom. The molecule has 4 rings (SSSR count). The smallest absolute Gasteiger partial charge is 0.228 e. The Hall–Kier alpha value is -0.570. The Labute approximate surface area is 105 Å². The summed E-state index contributed by atoms with van der Waals surface area (Å²) in [6.45, 7) is 8.19. The predicted octanol–water partition coefficient (Wildman–Crippen LogP) is 2.02. The van der Waals surface area contributed by atoms with Gasteiger partial charge in [0.05, 0.1) is 5.41 Å². The molecule has 0 aromatic carbocycles. The molecule has 3 nitrogen and oxygen atoms in total. The number of nitrogens with one attached hydrogen (secondary N) is 1. The second-order valence-corrected chi connectivity index (χ2v) is 6.15. The predicted molar refractivity (Wildman–Crippen MR) is 69.8 cm³/mol. The molecule has 0 radical (unpaired) electrons. The van der Waals surface area contributed by atoms with Crippen molar-refractivity contribution in [1.82, 2.24) is 10.2 Å². The number of carbonyl (C=O) groups is 1. The largest absolute Gasteiger partial charge is 0.341 e. The molecule has 17 heavy (non-hydrogen) atoms. The van der Waals surface area contributed by atoms with E-state index in [1.165, 1.54) is 0 Å². The van der Waals surface area contributed by atoms with Gasteiger partial charge in [-0.25, -0.2) is 0 Å². The summed E-state index contributed by atoms with van der Waals surface area (Å²) in [4.78, 5) is 14.4. The average Bonchev–Trinajstić information content (AvgIpc) is 2.74. The lowest BCUT2D eigenvalue weighted by molar-refractivity contribution is -0.208. The number of nitrogens with zero attached hydrogens (tertiary/aromatic N) is 1. The van der Waals surface area contributed by atoms with Gasteiger partial charge in [-0.2, -0.15) is 0 Å². The van der Waals surface area contributed by atoms with Crippen LogP contribution in [0.15, 0.2) is 0 Å². The zero-order valence-electron chi connectivity index (χ0n) is 11.7. The molecule has 1 aliphatic heterocycles. The molecule has 1 atom stereocenters. The van der Waals surface area contributed by atoms with Crippen LogP contribution in [0.1, 0.15) is 46.5 Å². The summed E-state index contributed by atoms with van der Waals surface area (Å²) >= 11 is 0. The molecule has 1 amide bonds. The third-order valence-electron chi connectivity index (χ3n) is 4.63. The molecule has 1 saturated heterocycles. The van der Waals surface area contributed by atoms with Gasteiger partial charge in [0.1, 0.15) is 0 Å². The first-order chi connectivity index (χ1) is 8.07. The highest BCUT2D eigenvalue weighted by atomic mass is 16.2. The Morgan fingerprint density at radius 3 is 2.29 bits per heavy atom. The molecular weight excluding hydrogens is 212 g/mol. The fourth-order valence-electron chi connectivity index (χ4n) is 4.04. The van der Waals surface area contributed by atoms with E-state index >= 15 is 0 Å². The van der Waals surface area contributed by atoms with Crippen molar-refractivity contribution in [2.24, 2.45) is 10.8 Å². The topological polar surface area (TPSA) is 32.3 Å². The van der Waals surface area contributed by atoms with Crippen molar-refractivity contribution < 1.29 is 4.79 Å². The van der Waals surface area contributed by atoms with Crippen LogP contribution >= 0.6 is 0 Å². The van der Waals surface area contributed by atoms with E-state index in [1.807, 2.05) is 20.9 Å². The standard InChI is InChI=1S/C12H20N2O.C2H6/c1-11-6-12(7-11,8-11)10(15)14-4-3-9(5-14)13-2;1-2/h9,13H,3-8H2,1-2H3;1-2H3. The SMILES string of the molecule is CC.CNC1CCN(C(=O)C23CC(C)(C2)C3)C1. The first kappa shape index (κ1) is 12.9. The summed E-state index contributed by atoms with van der Waals surface area (Å²) < 4.78 is 0. The number of hydrogen-bond donors (Lipinski definition) is 1. The normalized spacial score (nSPS) is 42.1.